The number of piperidine rings is 1. The Morgan fingerprint density at radius 1 is 1.11 bits per heavy atom. The molecule has 4 heterocycles. The molecule has 38 heavy (non-hydrogen) atoms. The Morgan fingerprint density at radius 2 is 1.89 bits per heavy atom. The SMILES string of the molecule is CN/C=C(\C=C/C=O)c1ccc2nc(-c3cccnc3N)n(-c3ccc(CN4CCC(N)CC4)cc3)c2n1. The van der Waals surface area contributed by atoms with Gasteiger partial charge < -0.3 is 16.8 Å². The highest BCUT2D eigenvalue weighted by atomic mass is 16.1. The van der Waals surface area contributed by atoms with Gasteiger partial charge in [-0.25, -0.2) is 15.0 Å². The minimum Gasteiger partial charge on any atom is -0.393 e. The van der Waals surface area contributed by atoms with E-state index in [1.54, 1.807) is 25.5 Å². The van der Waals surface area contributed by atoms with E-state index in [0.717, 1.165) is 61.1 Å². The molecule has 0 aliphatic carbocycles. The maximum atomic E-state index is 11.0. The molecule has 5 N–H and O–H groups in total. The molecule has 3 aromatic heterocycles. The second-order valence-corrected chi connectivity index (χ2v) is 9.41. The van der Waals surface area contributed by atoms with E-state index in [9.17, 15) is 4.79 Å². The lowest BCUT2D eigenvalue weighted by Crippen LogP contribution is -2.39. The fourth-order valence-corrected chi connectivity index (χ4v) is 4.78. The van der Waals surface area contributed by atoms with Gasteiger partial charge in [-0.05, 0) is 80.0 Å². The molecule has 0 atom stereocenters. The quantitative estimate of drug-likeness (QED) is 0.188. The number of aromatic nitrogens is 4. The summed E-state index contributed by atoms with van der Waals surface area (Å²) in [7, 11) is 1.81. The van der Waals surface area contributed by atoms with Crippen LogP contribution in [-0.2, 0) is 11.3 Å². The molecule has 5 rings (SSSR count). The van der Waals surface area contributed by atoms with Crippen molar-refractivity contribution in [3.05, 3.63) is 84.3 Å². The average molecular weight is 509 g/mol. The molecule has 194 valence electrons. The lowest BCUT2D eigenvalue weighted by molar-refractivity contribution is -0.104. The Kier molecular flexibility index (Phi) is 7.57. The first-order valence-corrected chi connectivity index (χ1v) is 12.7. The monoisotopic (exact) mass is 508 g/mol. The number of nitrogens with two attached hydrogens (primary N) is 2. The highest BCUT2D eigenvalue weighted by Gasteiger charge is 2.20. The zero-order valence-electron chi connectivity index (χ0n) is 21.4. The lowest BCUT2D eigenvalue weighted by Gasteiger charge is -2.30. The van der Waals surface area contributed by atoms with E-state index in [2.05, 4.69) is 39.5 Å². The number of anilines is 1. The molecule has 0 amide bonds. The van der Waals surface area contributed by atoms with E-state index < -0.39 is 0 Å². The minimum atomic E-state index is 0.316. The number of hydrogen-bond donors (Lipinski definition) is 3. The molecule has 1 aliphatic heterocycles. The lowest BCUT2D eigenvalue weighted by atomic mass is 10.1. The first-order chi connectivity index (χ1) is 18.6. The summed E-state index contributed by atoms with van der Waals surface area (Å²) < 4.78 is 2.01. The molecular formula is C29H32N8O. The number of nitrogens with one attached hydrogen (secondary N) is 1. The summed E-state index contributed by atoms with van der Waals surface area (Å²) in [5.74, 6) is 1.06. The van der Waals surface area contributed by atoms with E-state index in [1.165, 1.54) is 11.6 Å². The normalized spacial score (nSPS) is 15.4. The third-order valence-corrected chi connectivity index (χ3v) is 6.77. The first kappa shape index (κ1) is 25.3. The van der Waals surface area contributed by atoms with Crippen molar-refractivity contribution in [3.8, 4) is 17.1 Å². The molecule has 1 saturated heterocycles. The second kappa shape index (κ2) is 11.4. The van der Waals surface area contributed by atoms with Crippen LogP contribution in [0.5, 0.6) is 0 Å². The Labute approximate surface area is 221 Å². The van der Waals surface area contributed by atoms with Crippen LogP contribution in [-0.4, -0.2) is 56.9 Å². The van der Waals surface area contributed by atoms with Gasteiger partial charge in [0.2, 0.25) is 0 Å². The average Bonchev–Trinajstić information content (AvgIpc) is 3.31. The number of hydrogen-bond acceptors (Lipinski definition) is 8. The van der Waals surface area contributed by atoms with Crippen LogP contribution in [0.1, 0.15) is 24.1 Å². The number of allylic oxidation sites excluding steroid dienone is 3. The first-order valence-electron chi connectivity index (χ1n) is 12.7. The Hall–Kier alpha value is -4.34. The molecule has 0 radical (unpaired) electrons. The summed E-state index contributed by atoms with van der Waals surface area (Å²) >= 11 is 0. The summed E-state index contributed by atoms with van der Waals surface area (Å²) in [5, 5.41) is 3.02. The van der Waals surface area contributed by atoms with Crippen molar-refractivity contribution in [3.63, 3.8) is 0 Å². The zero-order valence-corrected chi connectivity index (χ0v) is 21.4. The molecule has 1 aliphatic rings. The van der Waals surface area contributed by atoms with Crippen molar-refractivity contribution < 1.29 is 4.79 Å². The maximum absolute atomic E-state index is 11.0. The molecule has 9 nitrogen and oxygen atoms in total. The van der Waals surface area contributed by atoms with Crippen molar-refractivity contribution in [1.29, 1.82) is 0 Å². The fraction of sp³-hybridized carbons (Fsp3) is 0.241. The molecule has 0 spiro atoms. The summed E-state index contributed by atoms with van der Waals surface area (Å²) in [6.07, 6.45) is 9.46. The van der Waals surface area contributed by atoms with Crippen molar-refractivity contribution in [2.45, 2.75) is 25.4 Å². The number of carbonyl (C=O) groups excluding carboxylic acids is 1. The predicted molar refractivity (Wildman–Crippen MR) is 151 cm³/mol. The standard InChI is InChI=1S/C29H32N8O/c1-32-18-21(4-3-17-38)25-10-11-26-29(34-25)37(28(35-26)24-5-2-14-33-27(24)31)23-8-6-20(7-9-23)19-36-15-12-22(30)13-16-36/h2-11,14,17-18,22,32H,12-13,15-16,19,30H2,1H3,(H2,31,33)/b4-3-,21-18+. The minimum absolute atomic E-state index is 0.316. The van der Waals surface area contributed by atoms with Crippen LogP contribution in [0.25, 0.3) is 33.8 Å². The predicted octanol–water partition coefficient (Wildman–Crippen LogP) is 3.30. The number of pyridine rings is 2. The number of imidazole rings is 1. The van der Waals surface area contributed by atoms with E-state index in [0.29, 0.717) is 29.0 Å². The van der Waals surface area contributed by atoms with Gasteiger partial charge in [0.1, 0.15) is 17.6 Å². The number of carbonyl (C=O) groups is 1. The van der Waals surface area contributed by atoms with Crippen LogP contribution in [0.2, 0.25) is 0 Å². The van der Waals surface area contributed by atoms with Crippen molar-refractivity contribution in [2.75, 3.05) is 25.9 Å². The van der Waals surface area contributed by atoms with E-state index in [4.69, 9.17) is 21.4 Å². The molecule has 0 bridgehead atoms. The Balaban J connectivity index is 1.59. The molecule has 1 aromatic carbocycles. The van der Waals surface area contributed by atoms with Gasteiger partial charge in [-0.2, -0.15) is 0 Å². The number of benzene rings is 1. The van der Waals surface area contributed by atoms with Gasteiger partial charge in [0.05, 0.1) is 11.3 Å². The van der Waals surface area contributed by atoms with Gasteiger partial charge in [0.25, 0.3) is 0 Å². The van der Waals surface area contributed by atoms with E-state index in [1.807, 2.05) is 28.8 Å². The molecule has 9 heteroatoms. The van der Waals surface area contributed by atoms with Crippen LogP contribution < -0.4 is 16.8 Å². The van der Waals surface area contributed by atoms with Crippen molar-refractivity contribution in [1.82, 2.24) is 29.7 Å². The van der Waals surface area contributed by atoms with Crippen molar-refractivity contribution in [2.24, 2.45) is 5.73 Å². The van der Waals surface area contributed by atoms with Gasteiger partial charge >= 0.3 is 0 Å². The zero-order chi connectivity index (χ0) is 26.5. The highest BCUT2D eigenvalue weighted by Crippen LogP contribution is 2.31. The number of nitrogen functional groups attached to an aromatic ring is 1. The summed E-state index contributed by atoms with van der Waals surface area (Å²) in [6.45, 7) is 2.93. The molecule has 0 saturated carbocycles. The molecule has 4 aromatic rings. The van der Waals surface area contributed by atoms with Gasteiger partial charge in [-0.15, -0.1) is 0 Å². The van der Waals surface area contributed by atoms with Gasteiger partial charge in [0.15, 0.2) is 11.5 Å². The summed E-state index contributed by atoms with van der Waals surface area (Å²) in [5.41, 5.74) is 18.1. The largest absolute Gasteiger partial charge is 0.393 e. The van der Waals surface area contributed by atoms with Gasteiger partial charge in [0, 0.05) is 43.3 Å². The van der Waals surface area contributed by atoms with Gasteiger partial charge in [-0.1, -0.05) is 12.1 Å². The second-order valence-electron chi connectivity index (χ2n) is 9.41. The topological polar surface area (TPSA) is 128 Å². The highest BCUT2D eigenvalue weighted by molar-refractivity contribution is 5.85. The number of aldehydes is 1. The summed E-state index contributed by atoms with van der Waals surface area (Å²) in [4.78, 5) is 27.6. The fourth-order valence-electron chi connectivity index (χ4n) is 4.78. The number of nitrogens with zero attached hydrogens (tertiary/aromatic N) is 5. The maximum Gasteiger partial charge on any atom is 0.165 e. The third kappa shape index (κ3) is 5.34. The van der Waals surface area contributed by atoms with Crippen LogP contribution >= 0.6 is 0 Å². The van der Waals surface area contributed by atoms with Gasteiger partial charge in [-0.3, -0.25) is 14.3 Å². The van der Waals surface area contributed by atoms with Crippen LogP contribution in [0.4, 0.5) is 5.82 Å². The van der Waals surface area contributed by atoms with Crippen molar-refractivity contribution >= 4 is 28.8 Å². The Bertz CT molecular complexity index is 1480. The van der Waals surface area contributed by atoms with E-state index in [-0.39, 0.29) is 0 Å². The van der Waals surface area contributed by atoms with Crippen LogP contribution in [0.15, 0.2) is 73.1 Å². The van der Waals surface area contributed by atoms with E-state index >= 15 is 0 Å². The Morgan fingerprint density at radius 3 is 2.61 bits per heavy atom. The van der Waals surface area contributed by atoms with Crippen LogP contribution in [0, 0.1) is 0 Å². The third-order valence-electron chi connectivity index (χ3n) is 6.77. The molecule has 1 fully saturated rings. The number of fused-ring (bicyclic) bond motifs is 1. The smallest absolute Gasteiger partial charge is 0.165 e. The summed E-state index contributed by atoms with van der Waals surface area (Å²) in [6, 6.07) is 16.4. The number of likely N-dealkylation sites (tertiary alicyclic amines) is 1. The van der Waals surface area contributed by atoms with Crippen LogP contribution in [0.3, 0.4) is 0 Å². The molecule has 0 unspecified atom stereocenters. The number of rotatable bonds is 8. The molecular weight excluding hydrogens is 476 g/mol.